The first-order valence-corrected chi connectivity index (χ1v) is 12.3. The van der Waals surface area contributed by atoms with Crippen molar-refractivity contribution in [2.75, 3.05) is 18.5 Å². The van der Waals surface area contributed by atoms with E-state index in [1.807, 2.05) is 24.3 Å². The van der Waals surface area contributed by atoms with Gasteiger partial charge in [0.2, 0.25) is 0 Å². The fourth-order valence-electron chi connectivity index (χ4n) is 3.20. The zero-order valence-electron chi connectivity index (χ0n) is 19.7. The number of carbonyl (C=O) groups is 3. The Hall–Kier alpha value is -3.42. The third kappa shape index (κ3) is 7.28. The van der Waals surface area contributed by atoms with E-state index in [-0.39, 0.29) is 12.2 Å². The van der Waals surface area contributed by atoms with Gasteiger partial charge in [0.1, 0.15) is 10.6 Å². The van der Waals surface area contributed by atoms with Gasteiger partial charge in [-0.05, 0) is 47.7 Å². The number of nitrogens with one attached hydrogen (secondary N) is 1. The van der Waals surface area contributed by atoms with Crippen molar-refractivity contribution in [3.63, 3.8) is 0 Å². The topological polar surface area (TPSA) is 81.7 Å². The van der Waals surface area contributed by atoms with Gasteiger partial charge in [0.25, 0.3) is 5.91 Å². The lowest BCUT2D eigenvalue weighted by atomic mass is 10.0. The van der Waals surface area contributed by atoms with Crippen LogP contribution in [0.15, 0.2) is 60.0 Å². The van der Waals surface area contributed by atoms with Crippen molar-refractivity contribution in [2.45, 2.75) is 26.7 Å². The minimum absolute atomic E-state index is 0.187. The first-order chi connectivity index (χ1) is 16.8. The lowest BCUT2D eigenvalue weighted by Crippen LogP contribution is -2.21. The van der Waals surface area contributed by atoms with Crippen LogP contribution in [0.3, 0.4) is 0 Å². The Morgan fingerprint density at radius 3 is 2.34 bits per heavy atom. The van der Waals surface area contributed by atoms with Gasteiger partial charge in [-0.2, -0.15) is 0 Å². The Bertz CT molecular complexity index is 1210. The number of anilines is 1. The summed E-state index contributed by atoms with van der Waals surface area (Å²) in [5.41, 5.74) is 3.67. The Morgan fingerprint density at radius 2 is 1.71 bits per heavy atom. The van der Waals surface area contributed by atoms with E-state index >= 15 is 0 Å². The van der Waals surface area contributed by atoms with Crippen LogP contribution in [0.1, 0.15) is 48.2 Å². The fourth-order valence-corrected chi connectivity index (χ4v) is 4.30. The van der Waals surface area contributed by atoms with Gasteiger partial charge in [-0.15, -0.1) is 11.3 Å². The van der Waals surface area contributed by atoms with Crippen molar-refractivity contribution in [3.8, 4) is 11.1 Å². The Kier molecular flexibility index (Phi) is 9.23. The number of carbonyl (C=O) groups excluding carboxylic acids is 3. The maximum Gasteiger partial charge on any atom is 0.341 e. The molecule has 0 unspecified atom stereocenters. The summed E-state index contributed by atoms with van der Waals surface area (Å²) >= 11 is 7.15. The van der Waals surface area contributed by atoms with Crippen LogP contribution in [0.4, 0.5) is 5.00 Å². The third-order valence-electron chi connectivity index (χ3n) is 5.04. The molecule has 182 valence electrons. The van der Waals surface area contributed by atoms with Gasteiger partial charge < -0.3 is 14.8 Å². The number of hydrogen-bond acceptors (Lipinski definition) is 6. The van der Waals surface area contributed by atoms with E-state index in [2.05, 4.69) is 19.2 Å². The smallest absolute Gasteiger partial charge is 0.341 e. The van der Waals surface area contributed by atoms with Crippen molar-refractivity contribution in [1.29, 1.82) is 0 Å². The molecular formula is C27H26ClNO5S. The molecular weight excluding hydrogens is 486 g/mol. The first-order valence-electron chi connectivity index (χ1n) is 11.1. The molecule has 2 aromatic carbocycles. The number of rotatable bonds is 9. The van der Waals surface area contributed by atoms with Crippen molar-refractivity contribution in [1.82, 2.24) is 0 Å². The molecule has 3 aromatic rings. The summed E-state index contributed by atoms with van der Waals surface area (Å²) in [5, 5.41) is 5.29. The van der Waals surface area contributed by atoms with Crippen molar-refractivity contribution < 1.29 is 23.9 Å². The Balaban J connectivity index is 1.64. The van der Waals surface area contributed by atoms with Crippen LogP contribution >= 0.6 is 22.9 Å². The summed E-state index contributed by atoms with van der Waals surface area (Å²) < 4.78 is 10.2. The van der Waals surface area contributed by atoms with E-state index in [4.69, 9.17) is 21.1 Å². The first kappa shape index (κ1) is 26.2. The molecule has 0 aliphatic rings. The second-order valence-corrected chi connectivity index (χ2v) is 9.21. The molecule has 1 heterocycles. The van der Waals surface area contributed by atoms with Gasteiger partial charge in [0, 0.05) is 22.0 Å². The lowest BCUT2D eigenvalue weighted by molar-refractivity contribution is -0.142. The molecule has 6 nitrogen and oxygen atoms in total. The van der Waals surface area contributed by atoms with Gasteiger partial charge in [0.05, 0.1) is 6.61 Å². The quantitative estimate of drug-likeness (QED) is 0.260. The van der Waals surface area contributed by atoms with Gasteiger partial charge in [-0.1, -0.05) is 61.8 Å². The molecule has 0 saturated carbocycles. The number of ether oxygens (including phenoxy) is 2. The molecule has 3 rings (SSSR count). The predicted molar refractivity (Wildman–Crippen MR) is 140 cm³/mol. The van der Waals surface area contributed by atoms with Gasteiger partial charge >= 0.3 is 11.9 Å². The second-order valence-electron chi connectivity index (χ2n) is 7.89. The Labute approximate surface area is 213 Å². The number of esters is 2. The minimum Gasteiger partial charge on any atom is -0.462 e. The summed E-state index contributed by atoms with van der Waals surface area (Å²) in [7, 11) is 0. The summed E-state index contributed by atoms with van der Waals surface area (Å²) in [6.07, 6.45) is 2.90. The number of hydrogen-bond donors (Lipinski definition) is 1. The highest BCUT2D eigenvalue weighted by molar-refractivity contribution is 7.15. The minimum atomic E-state index is -0.647. The summed E-state index contributed by atoms with van der Waals surface area (Å²) in [6, 6.07) is 14.8. The van der Waals surface area contributed by atoms with Crippen LogP contribution in [0.2, 0.25) is 5.02 Å². The van der Waals surface area contributed by atoms with E-state index in [9.17, 15) is 14.4 Å². The molecule has 8 heteroatoms. The van der Waals surface area contributed by atoms with Crippen LogP contribution in [-0.2, 0) is 19.1 Å². The van der Waals surface area contributed by atoms with Crippen molar-refractivity contribution in [2.24, 2.45) is 0 Å². The largest absolute Gasteiger partial charge is 0.462 e. The van der Waals surface area contributed by atoms with E-state index in [0.717, 1.165) is 11.1 Å². The van der Waals surface area contributed by atoms with E-state index < -0.39 is 24.5 Å². The van der Waals surface area contributed by atoms with Crippen LogP contribution in [0.25, 0.3) is 17.2 Å². The molecule has 1 amide bonds. The third-order valence-corrected chi connectivity index (χ3v) is 6.19. The van der Waals surface area contributed by atoms with Gasteiger partial charge in [-0.25, -0.2) is 9.59 Å². The second kappa shape index (κ2) is 12.3. The summed E-state index contributed by atoms with van der Waals surface area (Å²) in [4.78, 5) is 37.1. The number of amides is 1. The maximum absolute atomic E-state index is 12.6. The molecule has 0 bridgehead atoms. The van der Waals surface area contributed by atoms with E-state index in [0.29, 0.717) is 21.5 Å². The number of benzene rings is 2. The normalized spacial score (nSPS) is 11.0. The molecule has 0 fully saturated rings. The fraction of sp³-hybridized carbons (Fsp3) is 0.222. The standard InChI is InChI=1S/C27H26ClNO5S/c1-4-33-27(32)25-22(20-10-12-21(28)13-11-20)16-35-26(25)29-23(30)15-34-24(31)14-7-18-5-8-19(9-6-18)17(2)3/h5-14,16-17H,4,15H2,1-3H3,(H,29,30)/b14-7+. The molecule has 1 aromatic heterocycles. The maximum atomic E-state index is 12.6. The molecule has 0 saturated heterocycles. The zero-order chi connectivity index (χ0) is 25.4. The average molecular weight is 512 g/mol. The molecule has 35 heavy (non-hydrogen) atoms. The molecule has 0 spiro atoms. The van der Waals surface area contributed by atoms with Gasteiger partial charge in [0.15, 0.2) is 6.61 Å². The highest BCUT2D eigenvalue weighted by Crippen LogP contribution is 2.36. The van der Waals surface area contributed by atoms with Crippen molar-refractivity contribution >= 4 is 51.9 Å². The highest BCUT2D eigenvalue weighted by Gasteiger charge is 2.23. The zero-order valence-corrected chi connectivity index (χ0v) is 21.2. The van der Waals surface area contributed by atoms with Crippen LogP contribution in [0.5, 0.6) is 0 Å². The van der Waals surface area contributed by atoms with E-state index in [1.165, 1.54) is 23.0 Å². The molecule has 0 aliphatic carbocycles. The molecule has 1 N–H and O–H groups in total. The lowest BCUT2D eigenvalue weighted by Gasteiger charge is -2.09. The molecule has 0 radical (unpaired) electrons. The Morgan fingerprint density at radius 1 is 1.03 bits per heavy atom. The highest BCUT2D eigenvalue weighted by atomic mass is 35.5. The predicted octanol–water partition coefficient (Wildman–Crippen LogP) is 6.56. The van der Waals surface area contributed by atoms with Crippen LogP contribution in [-0.4, -0.2) is 31.1 Å². The summed E-state index contributed by atoms with van der Waals surface area (Å²) in [6.45, 7) is 5.61. The van der Waals surface area contributed by atoms with Crippen molar-refractivity contribution in [3.05, 3.63) is 81.7 Å². The van der Waals surface area contributed by atoms with Gasteiger partial charge in [-0.3, -0.25) is 4.79 Å². The SMILES string of the molecule is CCOC(=O)c1c(-c2ccc(Cl)cc2)csc1NC(=O)COC(=O)/C=C/c1ccc(C(C)C)cc1. The molecule has 0 atom stereocenters. The van der Waals surface area contributed by atoms with Crippen LogP contribution in [0, 0.1) is 0 Å². The average Bonchev–Trinajstić information content (AvgIpc) is 3.25. The molecule has 0 aliphatic heterocycles. The summed E-state index contributed by atoms with van der Waals surface area (Å²) in [5.74, 6) is -1.35. The monoisotopic (exact) mass is 511 g/mol. The van der Waals surface area contributed by atoms with E-state index in [1.54, 1.807) is 42.6 Å². The number of halogens is 1. The van der Waals surface area contributed by atoms with Crippen LogP contribution < -0.4 is 5.32 Å². The number of thiophene rings is 1.